The van der Waals surface area contributed by atoms with E-state index in [-0.39, 0.29) is 24.4 Å². The summed E-state index contributed by atoms with van der Waals surface area (Å²) in [5, 5.41) is 5.65. The number of carbonyl (C=O) groups excluding carboxylic acids is 2. The molecule has 14 heteroatoms. The van der Waals surface area contributed by atoms with Gasteiger partial charge in [-0.1, -0.05) is 0 Å². The standard InChI is InChI=1S/C23H38N7O6P/c1-14(2)35-22(31)16(4)28-37(33,29-17(5)23(32)36-18-8-6-7-9-18)13-34-15(3)10-30-12-27-19-20(24)25-11-26-21(19)30/h11-12,14-18H,6-10,13H2,1-5H3,(H2,24,25,26)(H2,28,29,33)/t15-,16+,17-,37-/m1/s1. The number of carbonyl (C=O) groups is 2. The number of anilines is 1. The molecule has 0 saturated heterocycles. The summed E-state index contributed by atoms with van der Waals surface area (Å²) in [6.07, 6.45) is 5.45. The van der Waals surface area contributed by atoms with Gasteiger partial charge in [-0.3, -0.25) is 14.2 Å². The van der Waals surface area contributed by atoms with Crippen LogP contribution in [0.4, 0.5) is 5.82 Å². The summed E-state index contributed by atoms with van der Waals surface area (Å²) in [5.74, 6) is -0.786. The monoisotopic (exact) mass is 539 g/mol. The Kier molecular flexibility index (Phi) is 10.00. The van der Waals surface area contributed by atoms with Gasteiger partial charge in [0.15, 0.2) is 11.5 Å². The zero-order valence-electron chi connectivity index (χ0n) is 22.0. The number of nitrogen functional groups attached to an aromatic ring is 1. The molecule has 1 saturated carbocycles. The molecule has 2 aromatic rings. The Morgan fingerprint density at radius 3 is 2.38 bits per heavy atom. The molecule has 0 bridgehead atoms. The minimum Gasteiger partial charge on any atom is -0.462 e. The first kappa shape index (κ1) is 29.0. The highest BCUT2D eigenvalue weighted by atomic mass is 31.2. The number of rotatable bonds is 13. The van der Waals surface area contributed by atoms with Gasteiger partial charge in [0.25, 0.3) is 0 Å². The predicted molar refractivity (Wildman–Crippen MR) is 138 cm³/mol. The largest absolute Gasteiger partial charge is 0.462 e. The van der Waals surface area contributed by atoms with Crippen LogP contribution in [0.15, 0.2) is 12.7 Å². The highest BCUT2D eigenvalue weighted by molar-refractivity contribution is 7.59. The number of nitrogens with two attached hydrogens (primary N) is 1. The van der Waals surface area contributed by atoms with E-state index in [1.54, 1.807) is 45.5 Å². The lowest BCUT2D eigenvalue weighted by molar-refractivity contribution is -0.150. The van der Waals surface area contributed by atoms with Gasteiger partial charge in [-0.15, -0.1) is 0 Å². The van der Waals surface area contributed by atoms with E-state index in [9.17, 15) is 14.2 Å². The van der Waals surface area contributed by atoms with Gasteiger partial charge < -0.3 is 24.5 Å². The van der Waals surface area contributed by atoms with E-state index in [1.165, 1.54) is 6.33 Å². The van der Waals surface area contributed by atoms with Crippen molar-refractivity contribution in [3.8, 4) is 0 Å². The minimum atomic E-state index is -3.62. The van der Waals surface area contributed by atoms with Crippen molar-refractivity contribution >= 4 is 36.4 Å². The van der Waals surface area contributed by atoms with E-state index in [2.05, 4.69) is 25.1 Å². The van der Waals surface area contributed by atoms with Crippen LogP contribution in [0.5, 0.6) is 0 Å². The van der Waals surface area contributed by atoms with E-state index >= 15 is 0 Å². The fourth-order valence-corrected chi connectivity index (χ4v) is 6.19. The minimum absolute atomic E-state index is 0.122. The average molecular weight is 540 g/mol. The molecule has 13 nitrogen and oxygen atoms in total. The highest BCUT2D eigenvalue weighted by Crippen LogP contribution is 2.38. The lowest BCUT2D eigenvalue weighted by Crippen LogP contribution is -2.44. The van der Waals surface area contributed by atoms with Gasteiger partial charge in [-0.2, -0.15) is 0 Å². The predicted octanol–water partition coefficient (Wildman–Crippen LogP) is 2.36. The van der Waals surface area contributed by atoms with Crippen molar-refractivity contribution in [2.24, 2.45) is 0 Å². The van der Waals surface area contributed by atoms with Crippen LogP contribution in [-0.4, -0.2) is 68.2 Å². The van der Waals surface area contributed by atoms with Crippen molar-refractivity contribution in [1.82, 2.24) is 29.7 Å². The van der Waals surface area contributed by atoms with E-state index in [1.807, 2.05) is 0 Å². The maximum atomic E-state index is 13.9. The molecule has 4 N–H and O–H groups in total. The van der Waals surface area contributed by atoms with Crippen LogP contribution >= 0.6 is 7.44 Å². The molecular formula is C23H38N7O6P. The second-order valence-electron chi connectivity index (χ2n) is 9.70. The maximum absolute atomic E-state index is 13.9. The van der Waals surface area contributed by atoms with E-state index in [0.29, 0.717) is 17.7 Å². The summed E-state index contributed by atoms with van der Waals surface area (Å²) in [5.41, 5.74) is 6.89. The molecule has 0 amide bonds. The Balaban J connectivity index is 1.67. The van der Waals surface area contributed by atoms with Gasteiger partial charge in [-0.25, -0.2) is 25.1 Å². The number of aromatic nitrogens is 4. The van der Waals surface area contributed by atoms with Gasteiger partial charge >= 0.3 is 11.9 Å². The van der Waals surface area contributed by atoms with Crippen molar-refractivity contribution in [2.75, 3.05) is 12.1 Å². The second kappa shape index (κ2) is 12.8. The third-order valence-electron chi connectivity index (χ3n) is 5.87. The Labute approximate surface area is 216 Å². The van der Waals surface area contributed by atoms with Crippen LogP contribution < -0.4 is 15.9 Å². The Hall–Kier alpha value is -2.60. The fraction of sp³-hybridized carbons (Fsp3) is 0.696. The molecule has 1 aliphatic rings. The Bertz CT molecular complexity index is 1120. The maximum Gasteiger partial charge on any atom is 0.323 e. The topological polar surface area (TPSA) is 173 Å². The molecule has 1 fully saturated rings. The molecule has 2 heterocycles. The first-order valence-electron chi connectivity index (χ1n) is 12.6. The van der Waals surface area contributed by atoms with E-state index in [4.69, 9.17) is 19.9 Å². The molecule has 206 valence electrons. The van der Waals surface area contributed by atoms with Crippen LogP contribution in [-0.2, 0) is 34.9 Å². The molecule has 3 rings (SSSR count). The molecule has 0 spiro atoms. The van der Waals surface area contributed by atoms with Gasteiger partial charge in [0, 0.05) is 0 Å². The van der Waals surface area contributed by atoms with E-state index in [0.717, 1.165) is 25.7 Å². The summed E-state index contributed by atoms with van der Waals surface area (Å²) in [4.78, 5) is 37.4. The Morgan fingerprint density at radius 1 is 1.08 bits per heavy atom. The second-order valence-corrected chi connectivity index (χ2v) is 12.0. The van der Waals surface area contributed by atoms with Crippen LogP contribution in [0.1, 0.15) is 60.3 Å². The Morgan fingerprint density at radius 2 is 1.73 bits per heavy atom. The third kappa shape index (κ3) is 8.19. The van der Waals surface area contributed by atoms with Crippen molar-refractivity contribution in [3.05, 3.63) is 12.7 Å². The average Bonchev–Trinajstić information content (AvgIpc) is 3.48. The number of esters is 2. The molecular weight excluding hydrogens is 501 g/mol. The van der Waals surface area contributed by atoms with Crippen molar-refractivity contribution in [2.45, 2.75) is 97.2 Å². The summed E-state index contributed by atoms with van der Waals surface area (Å²) < 4.78 is 32.4. The van der Waals surface area contributed by atoms with Gasteiger partial charge in [0.05, 0.1) is 25.1 Å². The van der Waals surface area contributed by atoms with Crippen LogP contribution in [0.2, 0.25) is 0 Å². The normalized spacial score (nSPS) is 18.4. The smallest absolute Gasteiger partial charge is 0.323 e. The molecule has 1 aliphatic carbocycles. The number of imidazole rings is 1. The number of hydrogen-bond acceptors (Lipinski definition) is 10. The van der Waals surface area contributed by atoms with Gasteiger partial charge in [0.1, 0.15) is 36.4 Å². The van der Waals surface area contributed by atoms with E-state index < -0.39 is 37.6 Å². The SMILES string of the molecule is CC(C)OC(=O)[C@H](C)N[P@](=O)(CO[C@H](C)Cn1cnc2c(N)ncnc21)N[C@H](C)C(=O)OC1CCCC1. The molecule has 0 aliphatic heterocycles. The zero-order valence-corrected chi connectivity index (χ0v) is 22.9. The lowest BCUT2D eigenvalue weighted by Gasteiger charge is -2.28. The van der Waals surface area contributed by atoms with Crippen molar-refractivity contribution < 1.29 is 28.4 Å². The summed E-state index contributed by atoms with van der Waals surface area (Å²) >= 11 is 0. The molecule has 0 aromatic carbocycles. The third-order valence-corrected chi connectivity index (χ3v) is 7.99. The van der Waals surface area contributed by atoms with Gasteiger partial charge in [-0.05, 0) is 60.3 Å². The molecule has 37 heavy (non-hydrogen) atoms. The summed E-state index contributed by atoms with van der Waals surface area (Å²) in [6, 6.07) is -1.79. The van der Waals surface area contributed by atoms with Crippen LogP contribution in [0, 0.1) is 0 Å². The number of ether oxygens (including phenoxy) is 3. The highest BCUT2D eigenvalue weighted by Gasteiger charge is 2.34. The molecule has 2 aromatic heterocycles. The summed E-state index contributed by atoms with van der Waals surface area (Å²) in [7, 11) is -3.62. The van der Waals surface area contributed by atoms with Crippen molar-refractivity contribution in [1.29, 1.82) is 0 Å². The molecule has 0 unspecified atom stereocenters. The molecule has 4 atom stereocenters. The number of hydrogen-bond donors (Lipinski definition) is 3. The first-order valence-corrected chi connectivity index (χ1v) is 14.4. The number of nitrogens with one attached hydrogen (secondary N) is 2. The van der Waals surface area contributed by atoms with Gasteiger partial charge in [0.2, 0.25) is 7.44 Å². The zero-order chi connectivity index (χ0) is 27.2. The summed E-state index contributed by atoms with van der Waals surface area (Å²) in [6.45, 7) is 8.73. The fourth-order valence-electron chi connectivity index (χ4n) is 4.04. The first-order chi connectivity index (χ1) is 17.5. The van der Waals surface area contributed by atoms with Crippen LogP contribution in [0.25, 0.3) is 11.2 Å². The quantitative estimate of drug-likeness (QED) is 0.251. The molecule has 0 radical (unpaired) electrons. The number of fused-ring (bicyclic) bond motifs is 1. The number of nitrogens with zero attached hydrogens (tertiary/aromatic N) is 4. The lowest BCUT2D eigenvalue weighted by atomic mass is 10.3. The van der Waals surface area contributed by atoms with Crippen molar-refractivity contribution in [3.63, 3.8) is 0 Å². The van der Waals surface area contributed by atoms with Crippen LogP contribution in [0.3, 0.4) is 0 Å².